The van der Waals surface area contributed by atoms with Crippen LogP contribution in [0.1, 0.15) is 25.1 Å². The molecule has 19 heavy (non-hydrogen) atoms. The molecule has 1 rings (SSSR count). The summed E-state index contributed by atoms with van der Waals surface area (Å²) in [6.07, 6.45) is 0.933. The molecule has 0 unspecified atom stereocenters. The summed E-state index contributed by atoms with van der Waals surface area (Å²) in [5.41, 5.74) is 0. The highest BCUT2D eigenvalue weighted by molar-refractivity contribution is 14.0. The van der Waals surface area contributed by atoms with Crippen molar-refractivity contribution in [3.63, 3.8) is 0 Å². The number of nitrogens with one attached hydrogen (secondary N) is 2. The summed E-state index contributed by atoms with van der Waals surface area (Å²) in [5, 5.41) is 10.1. The Morgan fingerprint density at radius 3 is 2.79 bits per heavy atom. The van der Waals surface area contributed by atoms with Gasteiger partial charge in [0.05, 0.1) is 0 Å². The first-order valence-corrected chi connectivity index (χ1v) is 6.06. The Morgan fingerprint density at radius 1 is 1.42 bits per heavy atom. The Morgan fingerprint density at radius 2 is 2.21 bits per heavy atom. The van der Waals surface area contributed by atoms with Crippen LogP contribution in [0.2, 0.25) is 0 Å². The maximum Gasteiger partial charge on any atom is 0.223 e. The van der Waals surface area contributed by atoms with E-state index in [2.05, 4.69) is 25.8 Å². The van der Waals surface area contributed by atoms with E-state index in [1.807, 2.05) is 6.92 Å². The van der Waals surface area contributed by atoms with Crippen molar-refractivity contribution in [3.05, 3.63) is 11.7 Å². The van der Waals surface area contributed by atoms with E-state index in [-0.39, 0.29) is 24.0 Å². The minimum atomic E-state index is 0. The summed E-state index contributed by atoms with van der Waals surface area (Å²) in [4.78, 5) is 8.46. The van der Waals surface area contributed by atoms with Crippen LogP contribution >= 0.6 is 24.0 Å². The molecule has 0 aliphatic rings. The molecule has 0 aliphatic heterocycles. The van der Waals surface area contributed by atoms with Gasteiger partial charge in [-0.3, -0.25) is 0 Å². The second-order valence-electron chi connectivity index (χ2n) is 3.70. The van der Waals surface area contributed by atoms with Gasteiger partial charge in [0.25, 0.3) is 0 Å². The van der Waals surface area contributed by atoms with Crippen molar-refractivity contribution >= 4 is 29.9 Å². The highest BCUT2D eigenvalue weighted by Gasteiger charge is 2.02. The van der Waals surface area contributed by atoms with Gasteiger partial charge in [0.2, 0.25) is 5.89 Å². The van der Waals surface area contributed by atoms with Crippen LogP contribution in [0.5, 0.6) is 0 Å². The van der Waals surface area contributed by atoms with Crippen LogP contribution < -0.4 is 10.6 Å². The van der Waals surface area contributed by atoms with E-state index >= 15 is 0 Å². The highest BCUT2D eigenvalue weighted by Crippen LogP contribution is 1.96. The summed E-state index contributed by atoms with van der Waals surface area (Å²) >= 11 is 0. The second-order valence-corrected chi connectivity index (χ2v) is 3.70. The number of ether oxygens (including phenoxy) is 1. The first-order chi connectivity index (χ1) is 8.76. The molecule has 0 aliphatic carbocycles. The lowest BCUT2D eigenvalue weighted by Crippen LogP contribution is -2.38. The van der Waals surface area contributed by atoms with E-state index in [0.717, 1.165) is 32.1 Å². The molecule has 0 saturated carbocycles. The first kappa shape index (κ1) is 18.1. The minimum absolute atomic E-state index is 0. The van der Waals surface area contributed by atoms with Crippen LogP contribution in [0.15, 0.2) is 9.52 Å². The van der Waals surface area contributed by atoms with Crippen LogP contribution in [-0.2, 0) is 11.3 Å². The molecule has 0 fully saturated rings. The number of guanidine groups is 1. The molecule has 0 aromatic carbocycles. The predicted molar refractivity (Wildman–Crippen MR) is 83.8 cm³/mol. The number of hydrogen-bond acceptors (Lipinski definition) is 5. The maximum absolute atomic E-state index is 4.98. The van der Waals surface area contributed by atoms with Crippen molar-refractivity contribution < 1.29 is 9.26 Å². The molecule has 0 radical (unpaired) electrons. The zero-order valence-electron chi connectivity index (χ0n) is 11.6. The first-order valence-electron chi connectivity index (χ1n) is 6.06. The second kappa shape index (κ2) is 11.0. The largest absolute Gasteiger partial charge is 0.385 e. The van der Waals surface area contributed by atoms with Crippen molar-refractivity contribution in [1.29, 1.82) is 0 Å². The van der Waals surface area contributed by atoms with Gasteiger partial charge >= 0.3 is 0 Å². The number of methoxy groups -OCH3 is 1. The molecular weight excluding hydrogens is 361 g/mol. The highest BCUT2D eigenvalue weighted by atomic mass is 127. The molecule has 2 N–H and O–H groups in total. The summed E-state index contributed by atoms with van der Waals surface area (Å²) in [6.45, 7) is 6.53. The topological polar surface area (TPSA) is 84.6 Å². The Hall–Kier alpha value is -0.900. The zero-order chi connectivity index (χ0) is 13.2. The zero-order valence-corrected chi connectivity index (χ0v) is 13.9. The molecule has 1 heterocycles. The fourth-order valence-electron chi connectivity index (χ4n) is 1.32. The molecule has 0 bridgehead atoms. The maximum atomic E-state index is 4.98. The number of aromatic nitrogens is 2. The van der Waals surface area contributed by atoms with Gasteiger partial charge in [-0.05, 0) is 13.3 Å². The van der Waals surface area contributed by atoms with Crippen LogP contribution in [0.25, 0.3) is 0 Å². The number of aliphatic imine (C=N–C) groups is 1. The summed E-state index contributed by atoms with van der Waals surface area (Å²) in [5.74, 6) is 1.89. The van der Waals surface area contributed by atoms with E-state index in [1.54, 1.807) is 14.0 Å². The fourth-order valence-corrected chi connectivity index (χ4v) is 1.32. The van der Waals surface area contributed by atoms with Crippen molar-refractivity contribution in [1.82, 2.24) is 20.8 Å². The van der Waals surface area contributed by atoms with Crippen molar-refractivity contribution in [2.45, 2.75) is 26.8 Å². The van der Waals surface area contributed by atoms with Gasteiger partial charge in [-0.15, -0.1) is 24.0 Å². The molecule has 110 valence electrons. The quantitative estimate of drug-likeness (QED) is 0.317. The van der Waals surface area contributed by atoms with Gasteiger partial charge < -0.3 is 19.9 Å². The van der Waals surface area contributed by atoms with Gasteiger partial charge in [0.15, 0.2) is 11.8 Å². The van der Waals surface area contributed by atoms with Crippen LogP contribution in [0.4, 0.5) is 0 Å². The number of rotatable bonds is 7. The number of halogens is 1. The predicted octanol–water partition coefficient (Wildman–Crippen LogP) is 1.09. The van der Waals surface area contributed by atoms with Gasteiger partial charge in [0.1, 0.15) is 6.54 Å². The van der Waals surface area contributed by atoms with Gasteiger partial charge in [0, 0.05) is 33.7 Å². The molecule has 0 spiro atoms. The Bertz CT molecular complexity index is 370. The molecule has 0 amide bonds. The number of hydrogen-bond donors (Lipinski definition) is 2. The van der Waals surface area contributed by atoms with Crippen LogP contribution in [0, 0.1) is 6.92 Å². The lowest BCUT2D eigenvalue weighted by molar-refractivity contribution is 0.195. The summed E-state index contributed by atoms with van der Waals surface area (Å²) in [6, 6.07) is 0. The normalized spacial score (nSPS) is 11.0. The van der Waals surface area contributed by atoms with E-state index in [4.69, 9.17) is 9.26 Å². The molecule has 0 saturated heterocycles. The molecule has 1 aromatic heterocycles. The Labute approximate surface area is 130 Å². The van der Waals surface area contributed by atoms with E-state index in [9.17, 15) is 0 Å². The van der Waals surface area contributed by atoms with E-state index < -0.39 is 0 Å². The average molecular weight is 383 g/mol. The average Bonchev–Trinajstić information content (AvgIpc) is 2.77. The molecule has 1 aromatic rings. The summed E-state index contributed by atoms with van der Waals surface area (Å²) in [7, 11) is 1.69. The minimum Gasteiger partial charge on any atom is -0.385 e. The van der Waals surface area contributed by atoms with Crippen molar-refractivity contribution in [2.75, 3.05) is 26.8 Å². The molecule has 7 nitrogen and oxygen atoms in total. The van der Waals surface area contributed by atoms with E-state index in [1.165, 1.54) is 0 Å². The number of nitrogens with zero attached hydrogens (tertiary/aromatic N) is 3. The van der Waals surface area contributed by atoms with Gasteiger partial charge in [-0.25, -0.2) is 4.99 Å². The third kappa shape index (κ3) is 7.98. The van der Waals surface area contributed by atoms with E-state index in [0.29, 0.717) is 18.3 Å². The standard InChI is InChI=1S/C11H21N5O2.HI/c1-4-12-11(13-6-5-7-17-3)14-8-10-15-9(2)18-16-10;/h4-8H2,1-3H3,(H2,12,13,14);1H. The molecular formula is C11H22IN5O2. The lowest BCUT2D eigenvalue weighted by Gasteiger charge is -2.10. The van der Waals surface area contributed by atoms with Gasteiger partial charge in [-0.1, -0.05) is 5.16 Å². The third-order valence-corrected chi connectivity index (χ3v) is 2.11. The summed E-state index contributed by atoms with van der Waals surface area (Å²) < 4.78 is 9.87. The molecule has 0 atom stereocenters. The van der Waals surface area contributed by atoms with Crippen LogP contribution in [0.3, 0.4) is 0 Å². The van der Waals surface area contributed by atoms with Crippen molar-refractivity contribution in [2.24, 2.45) is 4.99 Å². The number of aryl methyl sites for hydroxylation is 1. The molecule has 8 heteroatoms. The smallest absolute Gasteiger partial charge is 0.223 e. The SMILES string of the molecule is CCNC(=NCc1noc(C)n1)NCCCOC.I. The Balaban J connectivity index is 0.00000324. The Kier molecular flexibility index (Phi) is 10.5. The fraction of sp³-hybridized carbons (Fsp3) is 0.727. The monoisotopic (exact) mass is 383 g/mol. The third-order valence-electron chi connectivity index (χ3n) is 2.11. The lowest BCUT2D eigenvalue weighted by atomic mass is 10.4. The van der Waals surface area contributed by atoms with Crippen molar-refractivity contribution in [3.8, 4) is 0 Å². The van der Waals surface area contributed by atoms with Gasteiger partial charge in [-0.2, -0.15) is 4.98 Å². The van der Waals surface area contributed by atoms with Crippen LogP contribution in [-0.4, -0.2) is 42.9 Å².